The molecule has 0 aromatic rings. The largest absolute Gasteiger partial charge is 0.390 e. The second-order valence-corrected chi connectivity index (χ2v) is 7.87. The molecule has 11 heteroatoms. The molecule has 3 aliphatic rings. The quantitative estimate of drug-likeness (QED) is 0.165. The maximum absolute atomic E-state index is 11.0. The summed E-state index contributed by atoms with van der Waals surface area (Å²) in [5, 5.41) is 30.9. The maximum Gasteiger partial charge on any atom is 0.325 e. The predicted octanol–water partition coefficient (Wildman–Crippen LogP) is -2.53. The fraction of sp³-hybridized carbons (Fsp3) is 1.00. The molecule has 1 aliphatic heterocycles. The third-order valence-corrected chi connectivity index (χ3v) is 5.79. The first kappa shape index (κ1) is 16.7. The van der Waals surface area contributed by atoms with Gasteiger partial charge in [0.1, 0.15) is 5.60 Å². The van der Waals surface area contributed by atoms with Gasteiger partial charge in [0.2, 0.25) is 0 Å². The van der Waals surface area contributed by atoms with E-state index in [0.29, 0.717) is 0 Å². The van der Waals surface area contributed by atoms with Gasteiger partial charge >= 0.3 is 7.60 Å². The first-order valence-corrected chi connectivity index (χ1v) is 8.74. The lowest BCUT2D eigenvalue weighted by atomic mass is 9.81. The molecule has 5 unspecified atom stereocenters. The summed E-state index contributed by atoms with van der Waals surface area (Å²) in [7, 11) is -4.29. The second-order valence-electron chi connectivity index (χ2n) is 6.09. The summed E-state index contributed by atoms with van der Waals surface area (Å²) in [4.78, 5) is 22.3. The van der Waals surface area contributed by atoms with E-state index in [0.717, 1.165) is 0 Å². The molecule has 0 bridgehead atoms. The molecule has 3 rings (SSSR count). The van der Waals surface area contributed by atoms with Crippen LogP contribution in [0.3, 0.4) is 0 Å². The standard InChI is InChI=1S/C11H20NO9P/c12-20-3-2-19-9-7-6-8(13)10(6,14)5(11(7,15)21-9)1-4-22(16,17)18/h5-9,13-15H,1-4,12H2,(H2,16,17,18)/t5?,6-,7?,8?,9-,10?,11?/m0/s1. The van der Waals surface area contributed by atoms with Crippen molar-refractivity contribution in [1.29, 1.82) is 0 Å². The molecule has 0 radical (unpaired) electrons. The van der Waals surface area contributed by atoms with Crippen LogP contribution in [0, 0.1) is 17.8 Å². The van der Waals surface area contributed by atoms with Crippen molar-refractivity contribution >= 4 is 7.60 Å². The minimum absolute atomic E-state index is 0.113. The smallest absolute Gasteiger partial charge is 0.325 e. The first-order chi connectivity index (χ1) is 10.2. The third kappa shape index (κ3) is 2.27. The van der Waals surface area contributed by atoms with E-state index < -0.39 is 55.3 Å². The van der Waals surface area contributed by atoms with Crippen LogP contribution in [0.2, 0.25) is 0 Å². The molecule has 2 aliphatic carbocycles. The molecule has 22 heavy (non-hydrogen) atoms. The number of aliphatic hydroxyl groups is 3. The normalized spacial score (nSPS) is 49.5. The van der Waals surface area contributed by atoms with E-state index in [4.69, 9.17) is 25.2 Å². The maximum atomic E-state index is 11.0. The van der Waals surface area contributed by atoms with Gasteiger partial charge in [-0.15, -0.1) is 0 Å². The first-order valence-electron chi connectivity index (χ1n) is 6.94. The highest BCUT2D eigenvalue weighted by atomic mass is 31.2. The molecule has 0 spiro atoms. The Morgan fingerprint density at radius 1 is 1.23 bits per heavy atom. The fourth-order valence-electron chi connectivity index (χ4n) is 3.94. The average molecular weight is 341 g/mol. The summed E-state index contributed by atoms with van der Waals surface area (Å²) in [6.45, 7) is 0.228. The van der Waals surface area contributed by atoms with Gasteiger partial charge in [0.25, 0.3) is 0 Å². The van der Waals surface area contributed by atoms with Crippen LogP contribution in [-0.2, 0) is 18.9 Å². The number of hydrogen-bond donors (Lipinski definition) is 6. The van der Waals surface area contributed by atoms with E-state index in [2.05, 4.69) is 4.84 Å². The molecular weight excluding hydrogens is 321 g/mol. The number of aliphatic hydroxyl groups excluding tert-OH is 1. The lowest BCUT2D eigenvalue weighted by Gasteiger charge is -2.51. The van der Waals surface area contributed by atoms with E-state index in [-0.39, 0.29) is 19.6 Å². The Hall–Kier alpha value is -0.130. The van der Waals surface area contributed by atoms with Gasteiger partial charge in [-0.1, -0.05) is 0 Å². The Morgan fingerprint density at radius 3 is 2.50 bits per heavy atom. The van der Waals surface area contributed by atoms with E-state index >= 15 is 0 Å². The molecular formula is C11H20NO9P. The number of ether oxygens (including phenoxy) is 2. The summed E-state index contributed by atoms with van der Waals surface area (Å²) in [5.41, 5.74) is -1.60. The van der Waals surface area contributed by atoms with Crippen molar-refractivity contribution in [2.75, 3.05) is 19.4 Å². The number of nitrogens with two attached hydrogens (primary N) is 1. The minimum Gasteiger partial charge on any atom is -0.390 e. The van der Waals surface area contributed by atoms with Crippen LogP contribution in [0.5, 0.6) is 0 Å². The Morgan fingerprint density at radius 2 is 1.91 bits per heavy atom. The van der Waals surface area contributed by atoms with Gasteiger partial charge in [0.05, 0.1) is 31.4 Å². The monoisotopic (exact) mass is 341 g/mol. The van der Waals surface area contributed by atoms with Crippen LogP contribution >= 0.6 is 7.60 Å². The molecule has 0 amide bonds. The fourth-order valence-corrected chi connectivity index (χ4v) is 4.54. The highest BCUT2D eigenvalue weighted by molar-refractivity contribution is 7.51. The molecule has 1 heterocycles. The molecule has 0 aromatic carbocycles. The topological polar surface area (TPSA) is 172 Å². The van der Waals surface area contributed by atoms with Crippen LogP contribution in [0.1, 0.15) is 6.42 Å². The molecule has 0 aromatic heterocycles. The van der Waals surface area contributed by atoms with Gasteiger partial charge in [0, 0.05) is 11.8 Å². The molecule has 128 valence electrons. The van der Waals surface area contributed by atoms with E-state index in [9.17, 15) is 19.9 Å². The van der Waals surface area contributed by atoms with Crippen molar-refractivity contribution in [1.82, 2.24) is 0 Å². The zero-order valence-corrected chi connectivity index (χ0v) is 12.5. The van der Waals surface area contributed by atoms with Crippen LogP contribution < -0.4 is 5.90 Å². The molecule has 10 nitrogen and oxygen atoms in total. The van der Waals surface area contributed by atoms with Crippen molar-refractivity contribution < 1.29 is 44.0 Å². The van der Waals surface area contributed by atoms with Crippen LogP contribution in [0.15, 0.2) is 0 Å². The summed E-state index contributed by atoms with van der Waals surface area (Å²) in [6.07, 6.45) is -2.57. The lowest BCUT2D eigenvalue weighted by Crippen LogP contribution is -2.65. The molecule has 1 saturated heterocycles. The summed E-state index contributed by atoms with van der Waals surface area (Å²) >= 11 is 0. The number of hydrogen-bond acceptors (Lipinski definition) is 8. The summed E-state index contributed by atoms with van der Waals surface area (Å²) in [5.74, 6) is 0.831. The van der Waals surface area contributed by atoms with Gasteiger partial charge < -0.3 is 39.4 Å². The molecule has 7 N–H and O–H groups in total. The molecule has 2 saturated carbocycles. The SMILES string of the molecule is NOCCO[C@H]1OC2(O)C1[C@H]1C(O)C1(O)C2CCP(=O)(O)O. The van der Waals surface area contributed by atoms with Crippen LogP contribution in [0.25, 0.3) is 0 Å². The highest BCUT2D eigenvalue weighted by Gasteiger charge is 2.88. The van der Waals surface area contributed by atoms with Crippen molar-refractivity contribution in [3.8, 4) is 0 Å². The Balaban J connectivity index is 1.70. The Labute approximate surface area is 125 Å². The van der Waals surface area contributed by atoms with Crippen molar-refractivity contribution in [2.24, 2.45) is 23.7 Å². The van der Waals surface area contributed by atoms with Crippen molar-refractivity contribution in [3.63, 3.8) is 0 Å². The second kappa shape index (κ2) is 5.18. The third-order valence-electron chi connectivity index (χ3n) is 4.95. The zero-order chi connectivity index (χ0) is 16.3. The zero-order valence-electron chi connectivity index (χ0n) is 11.6. The van der Waals surface area contributed by atoms with E-state index in [1.54, 1.807) is 0 Å². The summed E-state index contributed by atoms with van der Waals surface area (Å²) < 4.78 is 21.6. The van der Waals surface area contributed by atoms with Crippen molar-refractivity contribution in [3.05, 3.63) is 0 Å². The van der Waals surface area contributed by atoms with Crippen LogP contribution in [0.4, 0.5) is 0 Å². The average Bonchev–Trinajstić information content (AvgIpc) is 2.84. The van der Waals surface area contributed by atoms with E-state index in [1.165, 1.54) is 0 Å². The molecule has 7 atom stereocenters. The summed E-state index contributed by atoms with van der Waals surface area (Å²) in [6, 6.07) is 0. The van der Waals surface area contributed by atoms with E-state index in [1.807, 2.05) is 0 Å². The Kier molecular flexibility index (Phi) is 3.94. The van der Waals surface area contributed by atoms with Gasteiger partial charge in [-0.05, 0) is 6.42 Å². The van der Waals surface area contributed by atoms with Gasteiger partial charge in [0.15, 0.2) is 12.1 Å². The van der Waals surface area contributed by atoms with Gasteiger partial charge in [-0.3, -0.25) is 4.57 Å². The van der Waals surface area contributed by atoms with Gasteiger partial charge in [-0.25, -0.2) is 5.90 Å². The highest BCUT2D eigenvalue weighted by Crippen LogP contribution is 2.72. The minimum atomic E-state index is -4.29. The number of fused-ring (bicyclic) bond motifs is 3. The van der Waals surface area contributed by atoms with Crippen molar-refractivity contribution in [2.45, 2.75) is 30.2 Å². The Bertz CT molecular complexity index is 500. The molecule has 3 fully saturated rings. The number of rotatable bonds is 7. The predicted molar refractivity (Wildman–Crippen MR) is 68.9 cm³/mol. The van der Waals surface area contributed by atoms with Crippen LogP contribution in [-0.4, -0.2) is 68.3 Å². The van der Waals surface area contributed by atoms with Gasteiger partial charge in [-0.2, -0.15) is 0 Å². The lowest BCUT2D eigenvalue weighted by molar-refractivity contribution is -0.442.